The van der Waals surface area contributed by atoms with Gasteiger partial charge in [0.25, 0.3) is 0 Å². The molecule has 0 spiro atoms. The summed E-state index contributed by atoms with van der Waals surface area (Å²) >= 11 is 4.59. The van der Waals surface area contributed by atoms with Crippen LogP contribution in [0.5, 0.6) is 0 Å². The van der Waals surface area contributed by atoms with E-state index in [1.807, 2.05) is 0 Å². The van der Waals surface area contributed by atoms with Crippen LogP contribution in [0.3, 0.4) is 0 Å². The minimum Gasteiger partial charge on any atom is -0.468 e. The first-order valence-electron chi connectivity index (χ1n) is 4.94. The largest absolute Gasteiger partial charge is 0.468 e. The van der Waals surface area contributed by atoms with Gasteiger partial charge < -0.3 is 15.4 Å². The summed E-state index contributed by atoms with van der Waals surface area (Å²) in [5.74, 6) is -2.79. The van der Waals surface area contributed by atoms with E-state index in [4.69, 9.17) is 5.73 Å². The Morgan fingerprint density at radius 2 is 2.06 bits per heavy atom. The molecule has 1 aromatic carbocycles. The number of rotatable bonds is 4. The maximum absolute atomic E-state index is 13.7. The molecule has 0 saturated carbocycles. The lowest BCUT2D eigenvalue weighted by Gasteiger charge is -2.19. The maximum atomic E-state index is 13.7. The summed E-state index contributed by atoms with van der Waals surface area (Å²) in [5.41, 5.74) is 5.01. The molecular weight excluding hydrogens is 262 g/mol. The highest BCUT2D eigenvalue weighted by molar-refractivity contribution is 7.80. The third-order valence-corrected chi connectivity index (χ3v) is 2.55. The number of methoxy groups -OCH3 is 1. The third kappa shape index (κ3) is 2.92. The number of anilines is 1. The van der Waals surface area contributed by atoms with E-state index >= 15 is 0 Å². The highest BCUT2D eigenvalue weighted by Gasteiger charge is 2.18. The van der Waals surface area contributed by atoms with E-state index in [2.05, 4.69) is 17.0 Å². The molecule has 0 heterocycles. The van der Waals surface area contributed by atoms with Gasteiger partial charge in [-0.1, -0.05) is 12.2 Å². The first-order valence-corrected chi connectivity index (χ1v) is 5.35. The molecule has 0 amide bonds. The van der Waals surface area contributed by atoms with Crippen LogP contribution in [0.2, 0.25) is 0 Å². The monoisotopic (exact) mass is 274 g/mol. The number of halogens is 2. The first-order chi connectivity index (χ1) is 8.38. The van der Waals surface area contributed by atoms with Crippen molar-refractivity contribution < 1.29 is 18.3 Å². The van der Waals surface area contributed by atoms with Crippen LogP contribution in [0.1, 0.15) is 5.56 Å². The van der Waals surface area contributed by atoms with E-state index in [1.165, 1.54) is 31.2 Å². The van der Waals surface area contributed by atoms with E-state index in [9.17, 15) is 13.6 Å². The second-order valence-corrected chi connectivity index (χ2v) is 4.00. The van der Waals surface area contributed by atoms with E-state index in [0.717, 1.165) is 0 Å². The van der Waals surface area contributed by atoms with Crippen LogP contribution < -0.4 is 10.6 Å². The van der Waals surface area contributed by atoms with Crippen molar-refractivity contribution in [2.45, 2.75) is 0 Å². The van der Waals surface area contributed by atoms with E-state index in [-0.39, 0.29) is 22.8 Å². The smallest absolute Gasteiger partial charge is 0.325 e. The van der Waals surface area contributed by atoms with Gasteiger partial charge in [0.15, 0.2) is 11.6 Å². The Morgan fingerprint density at radius 1 is 1.44 bits per heavy atom. The molecule has 0 aromatic heterocycles. The number of ether oxygens (including phenoxy) is 1. The summed E-state index contributed by atoms with van der Waals surface area (Å²) < 4.78 is 31.8. The number of benzene rings is 1. The SMILES string of the molecule is COC(=O)CN(C)c1ccc(C(N)=S)c(F)c1F. The van der Waals surface area contributed by atoms with Gasteiger partial charge in [-0.05, 0) is 12.1 Å². The molecule has 98 valence electrons. The Bertz CT molecular complexity index is 494. The van der Waals surface area contributed by atoms with Crippen molar-refractivity contribution >= 4 is 28.9 Å². The van der Waals surface area contributed by atoms with Crippen molar-refractivity contribution in [1.82, 2.24) is 0 Å². The van der Waals surface area contributed by atoms with E-state index in [1.54, 1.807) is 0 Å². The molecule has 18 heavy (non-hydrogen) atoms. The molecule has 0 bridgehead atoms. The molecule has 0 aliphatic heterocycles. The summed E-state index contributed by atoms with van der Waals surface area (Å²) in [6.45, 7) is -0.195. The molecule has 0 atom stereocenters. The van der Waals surface area contributed by atoms with Gasteiger partial charge in [0.05, 0.1) is 12.8 Å². The predicted molar refractivity (Wildman–Crippen MR) is 67.5 cm³/mol. The molecule has 0 saturated heterocycles. The van der Waals surface area contributed by atoms with Gasteiger partial charge in [-0.15, -0.1) is 0 Å². The fourth-order valence-corrected chi connectivity index (χ4v) is 1.53. The van der Waals surface area contributed by atoms with Crippen LogP contribution in [0, 0.1) is 11.6 Å². The van der Waals surface area contributed by atoms with Gasteiger partial charge in [0.2, 0.25) is 0 Å². The molecular formula is C11H12F2N2O2S. The van der Waals surface area contributed by atoms with E-state index in [0.29, 0.717) is 0 Å². The van der Waals surface area contributed by atoms with Gasteiger partial charge in [-0.25, -0.2) is 8.78 Å². The van der Waals surface area contributed by atoms with Crippen molar-refractivity contribution in [1.29, 1.82) is 0 Å². The number of nitrogens with two attached hydrogens (primary N) is 1. The maximum Gasteiger partial charge on any atom is 0.325 e. The number of carbonyl (C=O) groups is 1. The van der Waals surface area contributed by atoms with Gasteiger partial charge >= 0.3 is 5.97 Å². The second-order valence-electron chi connectivity index (χ2n) is 3.56. The zero-order valence-corrected chi connectivity index (χ0v) is 10.7. The van der Waals surface area contributed by atoms with Crippen LogP contribution in [0.4, 0.5) is 14.5 Å². The lowest BCUT2D eigenvalue weighted by Crippen LogP contribution is -2.27. The van der Waals surface area contributed by atoms with Crippen molar-refractivity contribution in [3.8, 4) is 0 Å². The molecule has 0 radical (unpaired) electrons. The Labute approximate surface area is 108 Å². The van der Waals surface area contributed by atoms with Crippen molar-refractivity contribution in [2.24, 2.45) is 5.73 Å². The number of nitrogens with zero attached hydrogens (tertiary/aromatic N) is 1. The number of thiocarbonyl (C=S) groups is 1. The topological polar surface area (TPSA) is 55.6 Å². The van der Waals surface area contributed by atoms with Crippen LogP contribution in [-0.4, -0.2) is 31.7 Å². The number of carbonyl (C=O) groups excluding carboxylic acids is 1. The standard InChI is InChI=1S/C11H12F2N2O2S/c1-15(5-8(16)17-2)7-4-3-6(11(14)18)9(12)10(7)13/h3-4H,5H2,1-2H3,(H2,14,18). The summed E-state index contributed by atoms with van der Waals surface area (Å²) in [4.78, 5) is 12.0. The third-order valence-electron chi connectivity index (χ3n) is 2.33. The predicted octanol–water partition coefficient (Wildman–Crippen LogP) is 1.21. The lowest BCUT2D eigenvalue weighted by atomic mass is 10.1. The minimum atomic E-state index is -1.13. The summed E-state index contributed by atoms with van der Waals surface area (Å²) in [6, 6.07) is 2.57. The van der Waals surface area contributed by atoms with Crippen molar-refractivity contribution in [3.63, 3.8) is 0 Å². The molecule has 0 unspecified atom stereocenters. The Balaban J connectivity index is 3.08. The molecule has 4 nitrogen and oxygen atoms in total. The summed E-state index contributed by atoms with van der Waals surface area (Å²) in [7, 11) is 2.65. The zero-order chi connectivity index (χ0) is 13.9. The molecule has 0 fully saturated rings. The Kier molecular flexibility index (Phi) is 4.55. The molecule has 7 heteroatoms. The highest BCUT2D eigenvalue weighted by Crippen LogP contribution is 2.23. The number of hydrogen-bond donors (Lipinski definition) is 1. The summed E-state index contributed by atoms with van der Waals surface area (Å²) in [5, 5.41) is 0. The molecule has 2 N–H and O–H groups in total. The molecule has 0 aliphatic rings. The van der Waals surface area contributed by atoms with Crippen LogP contribution in [0.15, 0.2) is 12.1 Å². The highest BCUT2D eigenvalue weighted by atomic mass is 32.1. The average molecular weight is 274 g/mol. The Morgan fingerprint density at radius 3 is 2.56 bits per heavy atom. The van der Waals surface area contributed by atoms with Crippen LogP contribution >= 0.6 is 12.2 Å². The second kappa shape index (κ2) is 5.72. The lowest BCUT2D eigenvalue weighted by molar-refractivity contribution is -0.138. The van der Waals surface area contributed by atoms with Gasteiger partial charge in [0, 0.05) is 12.6 Å². The Hall–Kier alpha value is -1.76. The zero-order valence-electron chi connectivity index (χ0n) is 9.87. The van der Waals surface area contributed by atoms with Gasteiger partial charge in [0.1, 0.15) is 11.5 Å². The number of esters is 1. The van der Waals surface area contributed by atoms with E-state index < -0.39 is 17.6 Å². The molecule has 1 aromatic rings. The van der Waals surface area contributed by atoms with Crippen LogP contribution in [0.25, 0.3) is 0 Å². The number of hydrogen-bond acceptors (Lipinski definition) is 4. The van der Waals surface area contributed by atoms with Crippen LogP contribution in [-0.2, 0) is 9.53 Å². The molecule has 1 rings (SSSR count). The van der Waals surface area contributed by atoms with Gasteiger partial charge in [-0.2, -0.15) is 0 Å². The van der Waals surface area contributed by atoms with Gasteiger partial charge in [-0.3, -0.25) is 4.79 Å². The summed E-state index contributed by atoms with van der Waals surface area (Å²) in [6.07, 6.45) is 0. The fraction of sp³-hybridized carbons (Fsp3) is 0.273. The van der Waals surface area contributed by atoms with Crippen molar-refractivity contribution in [2.75, 3.05) is 25.6 Å². The normalized spacial score (nSPS) is 10.0. The molecule has 0 aliphatic carbocycles. The fourth-order valence-electron chi connectivity index (χ4n) is 1.37. The quantitative estimate of drug-likeness (QED) is 0.660. The van der Waals surface area contributed by atoms with Crippen molar-refractivity contribution in [3.05, 3.63) is 29.3 Å². The average Bonchev–Trinajstić information content (AvgIpc) is 2.31. The minimum absolute atomic E-state index is 0.0714. The number of likely N-dealkylation sites (N-methyl/N-ethyl adjacent to an activating group) is 1. The first kappa shape index (κ1) is 14.3.